The highest BCUT2D eigenvalue weighted by Crippen LogP contribution is 2.22. The second-order valence-corrected chi connectivity index (χ2v) is 6.83. The van der Waals surface area contributed by atoms with Crippen LogP contribution in [0.25, 0.3) is 11.3 Å². The summed E-state index contributed by atoms with van der Waals surface area (Å²) in [5, 5.41) is 2.05. The van der Waals surface area contributed by atoms with Gasteiger partial charge in [0.2, 0.25) is 0 Å². The molecule has 2 aromatic carbocycles. The van der Waals surface area contributed by atoms with Crippen LogP contribution in [0.3, 0.4) is 0 Å². The van der Waals surface area contributed by atoms with Crippen LogP contribution in [0.2, 0.25) is 0 Å². The number of hydrogen-bond donors (Lipinski definition) is 1. The fourth-order valence-corrected chi connectivity index (χ4v) is 2.65. The largest absolute Gasteiger partial charge is 0.453 e. The van der Waals surface area contributed by atoms with E-state index >= 15 is 0 Å². The Labute approximate surface area is 176 Å². The summed E-state index contributed by atoms with van der Waals surface area (Å²) in [6.45, 7) is 3.24. The minimum atomic E-state index is -1.71. The van der Waals surface area contributed by atoms with Gasteiger partial charge in [0.15, 0.2) is 35.2 Å². The van der Waals surface area contributed by atoms with Gasteiger partial charge < -0.3 is 14.5 Å². The minimum absolute atomic E-state index is 0.106. The van der Waals surface area contributed by atoms with Crippen molar-refractivity contribution in [1.82, 2.24) is 4.98 Å². The van der Waals surface area contributed by atoms with Gasteiger partial charge in [-0.2, -0.15) is 0 Å². The molecule has 31 heavy (non-hydrogen) atoms. The van der Waals surface area contributed by atoms with E-state index in [9.17, 15) is 22.8 Å². The zero-order chi connectivity index (χ0) is 22.5. The molecule has 0 aliphatic rings. The number of aryl methyl sites for hydroxylation is 2. The third kappa shape index (κ3) is 5.50. The smallest absolute Gasteiger partial charge is 0.307 e. The number of amides is 1. The molecule has 6 nitrogen and oxygen atoms in total. The lowest BCUT2D eigenvalue weighted by atomic mass is 10.1. The molecular formula is C22H19F3N2O4. The lowest BCUT2D eigenvalue weighted by Crippen LogP contribution is -2.30. The molecule has 9 heteroatoms. The van der Waals surface area contributed by atoms with Crippen LogP contribution in [0.4, 0.5) is 18.9 Å². The van der Waals surface area contributed by atoms with Crippen molar-refractivity contribution < 1.29 is 31.9 Å². The topological polar surface area (TPSA) is 81.4 Å². The number of oxazole rings is 1. The maximum Gasteiger partial charge on any atom is 0.307 e. The second-order valence-electron chi connectivity index (χ2n) is 6.83. The van der Waals surface area contributed by atoms with Gasteiger partial charge in [0.05, 0.1) is 18.3 Å². The van der Waals surface area contributed by atoms with E-state index < -0.39 is 41.1 Å². The van der Waals surface area contributed by atoms with E-state index in [2.05, 4.69) is 10.3 Å². The fraction of sp³-hybridized carbons (Fsp3) is 0.227. The summed E-state index contributed by atoms with van der Waals surface area (Å²) in [6.07, 6.45) is 0.312. The van der Waals surface area contributed by atoms with Crippen molar-refractivity contribution in [3.63, 3.8) is 0 Å². The van der Waals surface area contributed by atoms with Crippen LogP contribution in [-0.2, 0) is 20.7 Å². The van der Waals surface area contributed by atoms with Gasteiger partial charge >= 0.3 is 5.97 Å². The molecule has 0 aliphatic carbocycles. The first-order valence-electron chi connectivity index (χ1n) is 9.40. The van der Waals surface area contributed by atoms with E-state index in [1.165, 1.54) is 6.92 Å². The Morgan fingerprint density at radius 2 is 1.81 bits per heavy atom. The Hall–Kier alpha value is -3.62. The lowest BCUT2D eigenvalue weighted by molar-refractivity contribution is -0.153. The van der Waals surface area contributed by atoms with Crippen LogP contribution in [0.15, 0.2) is 47.0 Å². The van der Waals surface area contributed by atoms with Crippen molar-refractivity contribution in [3.05, 3.63) is 71.5 Å². The Kier molecular flexibility index (Phi) is 6.74. The molecule has 1 aromatic heterocycles. The van der Waals surface area contributed by atoms with Crippen LogP contribution in [0.1, 0.15) is 24.8 Å². The van der Waals surface area contributed by atoms with Gasteiger partial charge in [-0.3, -0.25) is 9.59 Å². The summed E-state index contributed by atoms with van der Waals surface area (Å²) in [6, 6.07) is 9.20. The highest BCUT2D eigenvalue weighted by atomic mass is 19.2. The maximum atomic E-state index is 13.6. The van der Waals surface area contributed by atoms with Crippen molar-refractivity contribution in [2.24, 2.45) is 0 Å². The normalized spacial score (nSPS) is 11.8. The van der Waals surface area contributed by atoms with E-state index in [0.717, 1.165) is 17.2 Å². The number of ether oxygens (including phenoxy) is 1. The van der Waals surface area contributed by atoms with E-state index in [0.29, 0.717) is 17.7 Å². The highest BCUT2D eigenvalue weighted by Gasteiger charge is 2.21. The standard InChI is InChI=1S/C22H19F3N2O4/c1-12-3-5-14(6-4-12)17-11-26-18(31-17)9-10-19(28)30-13(2)22(29)27-16-8-7-15(23)20(24)21(16)25/h3-8,11,13H,9-10H2,1-2H3,(H,27,29)/t13-/m0/s1. The summed E-state index contributed by atoms with van der Waals surface area (Å²) in [4.78, 5) is 28.2. The van der Waals surface area contributed by atoms with Crippen LogP contribution >= 0.6 is 0 Å². The third-order valence-electron chi connectivity index (χ3n) is 4.40. The number of benzene rings is 2. The molecule has 3 rings (SSSR count). The molecule has 0 aliphatic heterocycles. The van der Waals surface area contributed by atoms with Crippen LogP contribution in [0, 0.1) is 24.4 Å². The number of nitrogens with one attached hydrogen (secondary N) is 1. The van der Waals surface area contributed by atoms with Gasteiger partial charge in [0.1, 0.15) is 0 Å². The number of carbonyl (C=O) groups is 2. The van der Waals surface area contributed by atoms with Crippen molar-refractivity contribution in [1.29, 1.82) is 0 Å². The molecule has 1 atom stereocenters. The van der Waals surface area contributed by atoms with Gasteiger partial charge in [-0.15, -0.1) is 0 Å². The van der Waals surface area contributed by atoms with Gasteiger partial charge in [0.25, 0.3) is 5.91 Å². The Morgan fingerprint density at radius 3 is 2.52 bits per heavy atom. The van der Waals surface area contributed by atoms with Crippen molar-refractivity contribution in [2.75, 3.05) is 5.32 Å². The van der Waals surface area contributed by atoms with Crippen LogP contribution in [0.5, 0.6) is 0 Å². The molecule has 162 valence electrons. The zero-order valence-corrected chi connectivity index (χ0v) is 16.7. The fourth-order valence-electron chi connectivity index (χ4n) is 2.65. The molecule has 0 bridgehead atoms. The van der Waals surface area contributed by atoms with Gasteiger partial charge in [-0.25, -0.2) is 18.2 Å². The summed E-state index contributed by atoms with van der Waals surface area (Å²) in [7, 11) is 0. The van der Waals surface area contributed by atoms with Crippen molar-refractivity contribution in [2.45, 2.75) is 32.8 Å². The average molecular weight is 432 g/mol. The quantitative estimate of drug-likeness (QED) is 0.437. The molecular weight excluding hydrogens is 413 g/mol. The number of aromatic nitrogens is 1. The predicted octanol–water partition coefficient (Wildman–Crippen LogP) is 4.57. The third-order valence-corrected chi connectivity index (χ3v) is 4.40. The number of rotatable bonds is 7. The number of esters is 1. The van der Waals surface area contributed by atoms with Crippen LogP contribution in [-0.4, -0.2) is 23.0 Å². The molecule has 3 aromatic rings. The number of nitrogens with zero attached hydrogens (tertiary/aromatic N) is 1. The minimum Gasteiger partial charge on any atom is -0.453 e. The van der Waals surface area contributed by atoms with Crippen molar-refractivity contribution >= 4 is 17.6 Å². The van der Waals surface area contributed by atoms with E-state index in [1.54, 1.807) is 6.20 Å². The molecule has 1 N–H and O–H groups in total. The first kappa shape index (κ1) is 22.1. The summed E-state index contributed by atoms with van der Waals surface area (Å²) in [5.41, 5.74) is 1.40. The van der Waals surface area contributed by atoms with E-state index in [4.69, 9.17) is 9.15 Å². The maximum absolute atomic E-state index is 13.6. The first-order valence-corrected chi connectivity index (χ1v) is 9.40. The first-order chi connectivity index (χ1) is 14.7. The number of carbonyl (C=O) groups excluding carboxylic acids is 2. The molecule has 0 unspecified atom stereocenters. The SMILES string of the molecule is Cc1ccc(-c2cnc(CCC(=O)O[C@@H](C)C(=O)Nc3ccc(F)c(F)c3F)o2)cc1. The molecule has 1 amide bonds. The Bertz CT molecular complexity index is 1100. The Morgan fingerprint density at radius 1 is 1.10 bits per heavy atom. The molecule has 0 spiro atoms. The highest BCUT2D eigenvalue weighted by molar-refractivity contribution is 5.95. The van der Waals surface area contributed by atoms with Gasteiger partial charge in [0, 0.05) is 12.0 Å². The monoisotopic (exact) mass is 432 g/mol. The molecule has 0 radical (unpaired) electrons. The van der Waals surface area contributed by atoms with Gasteiger partial charge in [-0.1, -0.05) is 29.8 Å². The van der Waals surface area contributed by atoms with Crippen LogP contribution < -0.4 is 5.32 Å². The van der Waals surface area contributed by atoms with E-state index in [1.807, 2.05) is 31.2 Å². The predicted molar refractivity (Wildman–Crippen MR) is 105 cm³/mol. The molecule has 0 saturated carbocycles. The van der Waals surface area contributed by atoms with Crippen molar-refractivity contribution in [3.8, 4) is 11.3 Å². The summed E-state index contributed by atoms with van der Waals surface area (Å²) in [5.74, 6) is -5.34. The van der Waals surface area contributed by atoms with E-state index in [-0.39, 0.29) is 12.8 Å². The number of anilines is 1. The number of hydrogen-bond acceptors (Lipinski definition) is 5. The molecule has 1 heterocycles. The zero-order valence-electron chi connectivity index (χ0n) is 16.7. The Balaban J connectivity index is 1.51. The summed E-state index contributed by atoms with van der Waals surface area (Å²) >= 11 is 0. The average Bonchev–Trinajstić information content (AvgIpc) is 3.22. The van der Waals surface area contributed by atoms with Gasteiger partial charge in [-0.05, 0) is 26.0 Å². The number of halogens is 3. The second kappa shape index (κ2) is 9.46. The lowest BCUT2D eigenvalue weighted by Gasteiger charge is -2.14. The summed E-state index contributed by atoms with van der Waals surface area (Å²) < 4.78 is 50.5. The molecule has 0 fully saturated rings. The molecule has 0 saturated heterocycles.